The van der Waals surface area contributed by atoms with Crippen LogP contribution in [0.1, 0.15) is 38.5 Å². The van der Waals surface area contributed by atoms with Gasteiger partial charge >= 0.3 is 0 Å². The summed E-state index contributed by atoms with van der Waals surface area (Å²) in [5.74, 6) is 0.870. The van der Waals surface area contributed by atoms with Crippen LogP contribution in [0.25, 0.3) is 0 Å². The number of piperidine rings is 1. The van der Waals surface area contributed by atoms with Crippen LogP contribution in [0.2, 0.25) is 0 Å². The quantitative estimate of drug-likeness (QED) is 0.743. The number of carbonyl (C=O) groups is 1. The van der Waals surface area contributed by atoms with Crippen LogP contribution in [0.15, 0.2) is 0 Å². The molecule has 1 heterocycles. The Morgan fingerprint density at radius 1 is 1.05 bits per heavy atom. The molecule has 0 spiro atoms. The molecular weight excluding hydrogens is 256 g/mol. The van der Waals surface area contributed by atoms with Gasteiger partial charge in [-0.1, -0.05) is 12.8 Å². The monoisotopic (exact) mass is 284 g/mol. The van der Waals surface area contributed by atoms with Crippen molar-refractivity contribution < 1.29 is 15.0 Å². The van der Waals surface area contributed by atoms with Crippen molar-refractivity contribution in [2.75, 3.05) is 39.4 Å². The maximum absolute atomic E-state index is 12.5. The van der Waals surface area contributed by atoms with Crippen molar-refractivity contribution in [1.29, 1.82) is 0 Å². The fourth-order valence-corrected chi connectivity index (χ4v) is 3.77. The van der Waals surface area contributed by atoms with E-state index in [-0.39, 0.29) is 19.1 Å². The smallest absolute Gasteiger partial charge is 0.237 e. The predicted octanol–water partition coefficient (Wildman–Crippen LogP) is 0.454. The van der Waals surface area contributed by atoms with Gasteiger partial charge in [-0.3, -0.25) is 9.69 Å². The van der Waals surface area contributed by atoms with E-state index in [4.69, 9.17) is 10.2 Å². The minimum Gasteiger partial charge on any atom is -0.395 e. The summed E-state index contributed by atoms with van der Waals surface area (Å²) in [6.07, 6.45) is 7.35. The third-order valence-electron chi connectivity index (χ3n) is 4.75. The van der Waals surface area contributed by atoms with Crippen LogP contribution in [0.4, 0.5) is 0 Å². The third kappa shape index (κ3) is 3.93. The van der Waals surface area contributed by atoms with Gasteiger partial charge in [0, 0.05) is 25.7 Å². The lowest BCUT2D eigenvalue weighted by Crippen LogP contribution is -2.52. The van der Waals surface area contributed by atoms with Crippen molar-refractivity contribution in [2.24, 2.45) is 5.92 Å². The average Bonchev–Trinajstić information content (AvgIpc) is 2.47. The Morgan fingerprint density at radius 3 is 2.40 bits per heavy atom. The highest BCUT2D eigenvalue weighted by atomic mass is 16.3. The summed E-state index contributed by atoms with van der Waals surface area (Å²) in [4.78, 5) is 16.5. The molecule has 1 amide bonds. The Kier molecular flexibility index (Phi) is 6.26. The molecule has 2 rings (SSSR count). The summed E-state index contributed by atoms with van der Waals surface area (Å²) in [6.45, 7) is 2.16. The van der Waals surface area contributed by atoms with Gasteiger partial charge in [-0.05, 0) is 31.6 Å². The fraction of sp³-hybridized carbons (Fsp3) is 0.933. The van der Waals surface area contributed by atoms with Crippen molar-refractivity contribution in [1.82, 2.24) is 9.80 Å². The highest BCUT2D eigenvalue weighted by molar-refractivity contribution is 5.78. The minimum absolute atomic E-state index is 0.0271. The van der Waals surface area contributed by atoms with Crippen molar-refractivity contribution in [3.05, 3.63) is 0 Å². The van der Waals surface area contributed by atoms with Crippen LogP contribution in [0.5, 0.6) is 0 Å². The van der Waals surface area contributed by atoms with E-state index >= 15 is 0 Å². The summed E-state index contributed by atoms with van der Waals surface area (Å²) in [5.41, 5.74) is 0. The van der Waals surface area contributed by atoms with Crippen molar-refractivity contribution in [3.63, 3.8) is 0 Å². The lowest BCUT2D eigenvalue weighted by molar-refractivity contribution is -0.139. The predicted molar refractivity (Wildman–Crippen MR) is 77.3 cm³/mol. The largest absolute Gasteiger partial charge is 0.395 e. The normalized spacial score (nSPS) is 26.6. The number of rotatable bonds is 6. The first-order valence-electron chi connectivity index (χ1n) is 7.99. The zero-order valence-electron chi connectivity index (χ0n) is 12.3. The molecule has 1 aliphatic heterocycles. The van der Waals surface area contributed by atoms with E-state index in [0.717, 1.165) is 19.4 Å². The molecule has 1 saturated heterocycles. The van der Waals surface area contributed by atoms with Gasteiger partial charge in [-0.15, -0.1) is 0 Å². The van der Waals surface area contributed by atoms with E-state index in [1.165, 1.54) is 25.7 Å². The molecule has 2 atom stereocenters. The Labute approximate surface area is 121 Å². The molecule has 0 aromatic heterocycles. The van der Waals surface area contributed by atoms with Crippen molar-refractivity contribution in [2.45, 2.75) is 44.6 Å². The van der Waals surface area contributed by atoms with Crippen LogP contribution in [0.3, 0.4) is 0 Å². The van der Waals surface area contributed by atoms with Gasteiger partial charge in [0.1, 0.15) is 0 Å². The first kappa shape index (κ1) is 15.7. The third-order valence-corrected chi connectivity index (χ3v) is 4.75. The average molecular weight is 284 g/mol. The van der Waals surface area contributed by atoms with Crippen molar-refractivity contribution >= 4 is 5.91 Å². The van der Waals surface area contributed by atoms with E-state index in [9.17, 15) is 4.79 Å². The molecule has 2 fully saturated rings. The number of hydrogen-bond acceptors (Lipinski definition) is 4. The molecule has 0 bridgehead atoms. The Hall–Kier alpha value is -0.650. The summed E-state index contributed by atoms with van der Waals surface area (Å²) < 4.78 is 0. The van der Waals surface area contributed by atoms with E-state index in [1.807, 2.05) is 4.90 Å². The number of likely N-dealkylation sites (tertiary alicyclic amines) is 1. The number of aliphatic hydroxyl groups excluding tert-OH is 2. The van der Waals surface area contributed by atoms with Crippen molar-refractivity contribution in [3.8, 4) is 0 Å². The number of aliphatic hydroxyl groups is 2. The lowest BCUT2D eigenvalue weighted by atomic mass is 9.78. The molecule has 0 aromatic rings. The van der Waals surface area contributed by atoms with E-state index in [2.05, 4.69) is 4.90 Å². The Morgan fingerprint density at radius 2 is 1.70 bits per heavy atom. The second-order valence-corrected chi connectivity index (χ2v) is 6.06. The van der Waals surface area contributed by atoms with Gasteiger partial charge in [-0.2, -0.15) is 0 Å². The first-order chi connectivity index (χ1) is 9.76. The second-order valence-electron chi connectivity index (χ2n) is 6.06. The Balaban J connectivity index is 1.92. The molecule has 5 nitrogen and oxygen atoms in total. The van der Waals surface area contributed by atoms with Gasteiger partial charge in [0.2, 0.25) is 5.91 Å². The number of fused-ring (bicyclic) bond motifs is 1. The van der Waals surface area contributed by atoms with Crippen LogP contribution >= 0.6 is 0 Å². The maximum Gasteiger partial charge on any atom is 0.237 e. The van der Waals surface area contributed by atoms with Crippen LogP contribution < -0.4 is 0 Å². The molecule has 2 unspecified atom stereocenters. The fourth-order valence-electron chi connectivity index (χ4n) is 3.77. The molecule has 2 N–H and O–H groups in total. The molecule has 20 heavy (non-hydrogen) atoms. The highest BCUT2D eigenvalue weighted by Gasteiger charge is 2.35. The summed E-state index contributed by atoms with van der Waals surface area (Å²) >= 11 is 0. The summed E-state index contributed by atoms with van der Waals surface area (Å²) in [5, 5.41) is 18.1. The number of hydrogen-bond donors (Lipinski definition) is 2. The van der Waals surface area contributed by atoms with E-state index in [0.29, 0.717) is 31.6 Å². The molecule has 116 valence electrons. The van der Waals surface area contributed by atoms with Crippen LogP contribution in [0, 0.1) is 5.92 Å². The van der Waals surface area contributed by atoms with Gasteiger partial charge in [0.15, 0.2) is 0 Å². The zero-order chi connectivity index (χ0) is 14.4. The molecule has 1 aliphatic carbocycles. The Bertz CT molecular complexity index is 303. The van der Waals surface area contributed by atoms with Gasteiger partial charge in [-0.25, -0.2) is 0 Å². The molecule has 1 saturated carbocycles. The molecular formula is C15H28N2O3. The molecule has 0 aromatic carbocycles. The summed E-state index contributed by atoms with van der Waals surface area (Å²) in [7, 11) is 0. The maximum atomic E-state index is 12.5. The van der Waals surface area contributed by atoms with Gasteiger partial charge in [0.25, 0.3) is 0 Å². The van der Waals surface area contributed by atoms with E-state index < -0.39 is 0 Å². The summed E-state index contributed by atoms with van der Waals surface area (Å²) in [6, 6.07) is 0.440. The minimum atomic E-state index is 0.0271. The number of carbonyl (C=O) groups excluding carboxylic acids is 1. The highest BCUT2D eigenvalue weighted by Crippen LogP contribution is 2.35. The van der Waals surface area contributed by atoms with Gasteiger partial charge < -0.3 is 15.1 Å². The number of nitrogens with zero attached hydrogens (tertiary/aromatic N) is 2. The van der Waals surface area contributed by atoms with Crippen LogP contribution in [-0.2, 0) is 4.79 Å². The number of amides is 1. The first-order valence-corrected chi connectivity index (χ1v) is 7.99. The van der Waals surface area contributed by atoms with Gasteiger partial charge in [0.05, 0.1) is 19.8 Å². The molecule has 2 aliphatic rings. The standard InChI is InChI=1S/C15H28N2O3/c18-10-8-16(9-11-19)12-15(20)17-7-3-5-13-4-1-2-6-14(13)17/h13-14,18-19H,1-12H2. The zero-order valence-corrected chi connectivity index (χ0v) is 12.3. The SMILES string of the molecule is O=C(CN(CCO)CCO)N1CCCC2CCCCC21. The molecule has 5 heteroatoms. The lowest BCUT2D eigenvalue weighted by Gasteiger charge is -2.44. The second kappa shape index (κ2) is 7.96. The molecule has 0 radical (unpaired) electrons. The topological polar surface area (TPSA) is 64.0 Å². The van der Waals surface area contributed by atoms with Crippen LogP contribution in [-0.4, -0.2) is 71.4 Å². The van der Waals surface area contributed by atoms with E-state index in [1.54, 1.807) is 0 Å².